The monoisotopic (exact) mass is 743 g/mol. The molecule has 1 N–H and O–H groups in total. The minimum absolute atomic E-state index is 0.00798. The van der Waals surface area contributed by atoms with E-state index < -0.39 is 37.7 Å². The van der Waals surface area contributed by atoms with Gasteiger partial charge in [0.2, 0.25) is 15.9 Å². The summed E-state index contributed by atoms with van der Waals surface area (Å²) in [5.41, 5.74) is 1.30. The van der Waals surface area contributed by atoms with Crippen LogP contribution in [-0.2, 0) is 20.1 Å². The van der Waals surface area contributed by atoms with Gasteiger partial charge < -0.3 is 18.3 Å². The van der Waals surface area contributed by atoms with Gasteiger partial charge in [-0.1, -0.05) is 30.3 Å². The van der Waals surface area contributed by atoms with Crippen molar-refractivity contribution >= 4 is 53.8 Å². The lowest BCUT2D eigenvalue weighted by molar-refractivity contribution is 0.0964. The first-order chi connectivity index (χ1) is 24.7. The van der Waals surface area contributed by atoms with Gasteiger partial charge in [0, 0.05) is 36.7 Å². The molecule has 0 aliphatic rings. The van der Waals surface area contributed by atoms with Crippen LogP contribution in [0.25, 0.3) is 56.0 Å². The molecule has 0 bridgehead atoms. The number of fused-ring (bicyclic) bond motifs is 2. The second-order valence-electron chi connectivity index (χ2n) is 11.7. The summed E-state index contributed by atoms with van der Waals surface area (Å²) < 4.78 is 99.8. The molecule has 2 aromatic heterocycles. The number of hydrogen-bond acceptors (Lipinski definition) is 9. The number of hydrogen-bond donors (Lipinski definition) is 1. The van der Waals surface area contributed by atoms with Crippen LogP contribution in [-0.4, -0.2) is 48.1 Å². The zero-order chi connectivity index (χ0) is 36.9. The number of aromatic nitrogens is 1. The first-order valence-corrected chi connectivity index (χ1v) is 18.7. The van der Waals surface area contributed by atoms with E-state index in [4.69, 9.17) is 13.0 Å². The van der Waals surface area contributed by atoms with E-state index in [0.717, 1.165) is 10.6 Å². The fourth-order valence-corrected chi connectivity index (χ4v) is 7.16. The van der Waals surface area contributed by atoms with E-state index in [1.165, 1.54) is 105 Å². The number of para-hydroxylation sites is 1. The van der Waals surface area contributed by atoms with Gasteiger partial charge in [0.25, 0.3) is 5.91 Å². The van der Waals surface area contributed by atoms with E-state index in [2.05, 4.69) is 10.3 Å². The van der Waals surface area contributed by atoms with Crippen molar-refractivity contribution < 1.29 is 43.4 Å². The Hall–Kier alpha value is -6.06. The molecule has 0 spiro atoms. The number of carbonyl (C=O) groups is 1. The molecule has 0 radical (unpaired) electrons. The zero-order valence-electron chi connectivity index (χ0n) is 27.5. The number of amides is 1. The maximum atomic E-state index is 14.8. The first-order valence-electron chi connectivity index (χ1n) is 15.5. The molecule has 11 nitrogen and oxygen atoms in total. The van der Waals surface area contributed by atoms with Gasteiger partial charge in [0.15, 0.2) is 17.1 Å². The lowest BCUT2D eigenvalue weighted by atomic mass is 9.97. The molecule has 7 rings (SSSR count). The molecule has 1 amide bonds. The predicted octanol–water partition coefficient (Wildman–Crippen LogP) is 7.38. The van der Waals surface area contributed by atoms with E-state index in [0.29, 0.717) is 11.1 Å². The third kappa shape index (κ3) is 6.24. The van der Waals surface area contributed by atoms with Crippen LogP contribution in [0.4, 0.5) is 14.5 Å². The summed E-state index contributed by atoms with van der Waals surface area (Å²) >= 11 is 0. The van der Waals surface area contributed by atoms with Crippen molar-refractivity contribution in [1.82, 2.24) is 10.3 Å². The van der Waals surface area contributed by atoms with Crippen LogP contribution in [0.15, 0.2) is 117 Å². The van der Waals surface area contributed by atoms with Crippen molar-refractivity contribution in [3.63, 3.8) is 0 Å². The highest BCUT2D eigenvalue weighted by Gasteiger charge is 2.28. The van der Waals surface area contributed by atoms with Crippen molar-refractivity contribution in [2.75, 3.05) is 24.7 Å². The summed E-state index contributed by atoms with van der Waals surface area (Å²) in [4.78, 5) is 17.5. The predicted molar refractivity (Wildman–Crippen MR) is 191 cm³/mol. The van der Waals surface area contributed by atoms with Gasteiger partial charge in [0.1, 0.15) is 27.6 Å². The second kappa shape index (κ2) is 12.9. The van der Waals surface area contributed by atoms with Crippen LogP contribution in [0.3, 0.4) is 0 Å². The quantitative estimate of drug-likeness (QED) is 0.150. The first kappa shape index (κ1) is 34.4. The fourth-order valence-electron chi connectivity index (χ4n) is 5.68. The molecule has 5 aromatic carbocycles. The molecular weight excluding hydrogens is 717 g/mol. The lowest BCUT2D eigenvalue weighted by Gasteiger charge is -2.21. The Kier molecular flexibility index (Phi) is 8.55. The highest BCUT2D eigenvalue weighted by Crippen LogP contribution is 2.44. The van der Waals surface area contributed by atoms with Crippen molar-refractivity contribution in [3.8, 4) is 39.7 Å². The van der Waals surface area contributed by atoms with Crippen LogP contribution in [0.5, 0.6) is 5.75 Å². The molecule has 0 aliphatic heterocycles. The molecule has 264 valence electrons. The molecule has 0 unspecified atom stereocenters. The molecule has 0 saturated carbocycles. The summed E-state index contributed by atoms with van der Waals surface area (Å²) in [6.45, 7) is 0. The minimum Gasteiger partial charge on any atom is -0.455 e. The van der Waals surface area contributed by atoms with Crippen LogP contribution in [0.1, 0.15) is 10.4 Å². The normalized spacial score (nSPS) is 11.9. The molecule has 0 fully saturated rings. The number of carbonyl (C=O) groups excluding carboxylic acids is 1. The van der Waals surface area contributed by atoms with E-state index >= 15 is 0 Å². The van der Waals surface area contributed by atoms with Gasteiger partial charge in [-0.15, -0.1) is 0 Å². The van der Waals surface area contributed by atoms with Crippen LogP contribution in [0, 0.1) is 11.6 Å². The molecule has 0 saturated heterocycles. The third-order valence-electron chi connectivity index (χ3n) is 8.33. The molecule has 0 aliphatic carbocycles. The summed E-state index contributed by atoms with van der Waals surface area (Å²) in [5.74, 6) is -1.99. The molecular formula is C37H27F2N3O8S2. The van der Waals surface area contributed by atoms with Gasteiger partial charge in [-0.3, -0.25) is 9.10 Å². The number of furan rings is 1. The van der Waals surface area contributed by atoms with Gasteiger partial charge in [-0.25, -0.2) is 22.2 Å². The Balaban J connectivity index is 1.50. The van der Waals surface area contributed by atoms with Gasteiger partial charge in [-0.05, 0) is 72.3 Å². The number of anilines is 1. The fraction of sp³-hybridized carbons (Fsp3) is 0.0811. The maximum absolute atomic E-state index is 14.8. The largest absolute Gasteiger partial charge is 0.455 e. The van der Waals surface area contributed by atoms with E-state index in [-0.39, 0.29) is 66.7 Å². The minimum atomic E-state index is -4.39. The molecule has 0 atom stereocenters. The standard InChI is InChI=1S/C37H27F2N3O8S2/c1-40-36(43)33-26-19-25(29(42(2)51(3,44)45)20-32(26)48-35(33)21-12-15-23(38)16-13-21)22-14-17-30(50-52(46,47)24-8-5-4-6-9-24)27(18-22)37-41-34-28(39)10-7-11-31(34)49-37/h4-20H,1-3H3,(H,40,43). The summed E-state index contributed by atoms with van der Waals surface area (Å²) in [7, 11) is -5.51. The number of benzene rings is 5. The number of sulfonamides is 1. The van der Waals surface area contributed by atoms with Crippen LogP contribution >= 0.6 is 0 Å². The van der Waals surface area contributed by atoms with Crippen molar-refractivity contribution in [1.29, 1.82) is 0 Å². The molecule has 15 heteroatoms. The lowest BCUT2D eigenvalue weighted by Crippen LogP contribution is -2.25. The van der Waals surface area contributed by atoms with Gasteiger partial charge in [0.05, 0.1) is 23.1 Å². The number of nitrogens with one attached hydrogen (secondary N) is 1. The van der Waals surface area contributed by atoms with E-state index in [1.54, 1.807) is 12.1 Å². The highest BCUT2D eigenvalue weighted by molar-refractivity contribution is 7.92. The topological polar surface area (TPSA) is 149 Å². The Morgan fingerprint density at radius 2 is 1.52 bits per heavy atom. The number of halogens is 2. The van der Waals surface area contributed by atoms with Crippen molar-refractivity contribution in [3.05, 3.63) is 120 Å². The smallest absolute Gasteiger partial charge is 0.339 e. The van der Waals surface area contributed by atoms with Crippen LogP contribution < -0.4 is 13.8 Å². The zero-order valence-corrected chi connectivity index (χ0v) is 29.2. The SMILES string of the molecule is CNC(=O)c1c(-c2ccc(F)cc2)oc2cc(N(C)S(C)(=O)=O)c(-c3ccc(OS(=O)(=O)c4ccccc4)c(-c4nc5c(F)cccc5o4)c3)cc12. The van der Waals surface area contributed by atoms with E-state index in [1.807, 2.05) is 0 Å². The summed E-state index contributed by atoms with van der Waals surface area (Å²) in [6, 6.07) is 24.1. The Bertz CT molecular complexity index is 2750. The number of nitrogens with zero attached hydrogens (tertiary/aromatic N) is 2. The second-order valence-corrected chi connectivity index (χ2v) is 15.2. The van der Waals surface area contributed by atoms with Crippen LogP contribution in [0.2, 0.25) is 0 Å². The summed E-state index contributed by atoms with van der Waals surface area (Å²) in [5, 5.41) is 2.88. The molecule has 2 heterocycles. The number of oxazole rings is 1. The average molecular weight is 744 g/mol. The van der Waals surface area contributed by atoms with Gasteiger partial charge in [-0.2, -0.15) is 8.42 Å². The van der Waals surface area contributed by atoms with E-state index in [9.17, 15) is 30.4 Å². The van der Waals surface area contributed by atoms with Crippen molar-refractivity contribution in [2.24, 2.45) is 0 Å². The molecule has 7 aromatic rings. The Morgan fingerprint density at radius 3 is 2.19 bits per heavy atom. The maximum Gasteiger partial charge on any atom is 0.339 e. The number of rotatable bonds is 9. The average Bonchev–Trinajstić information content (AvgIpc) is 3.73. The summed E-state index contributed by atoms with van der Waals surface area (Å²) in [6.07, 6.45) is 1.01. The Morgan fingerprint density at radius 1 is 0.808 bits per heavy atom. The van der Waals surface area contributed by atoms with Gasteiger partial charge >= 0.3 is 10.1 Å². The third-order valence-corrected chi connectivity index (χ3v) is 10.8. The van der Waals surface area contributed by atoms with Crippen molar-refractivity contribution in [2.45, 2.75) is 4.90 Å². The molecule has 52 heavy (non-hydrogen) atoms. The highest BCUT2D eigenvalue weighted by atomic mass is 32.2. The Labute approximate surface area is 296 Å².